The van der Waals surface area contributed by atoms with E-state index in [0.29, 0.717) is 18.9 Å². The summed E-state index contributed by atoms with van der Waals surface area (Å²) in [7, 11) is 0. The topological polar surface area (TPSA) is 63.6 Å². The molecule has 0 bridgehead atoms. The zero-order chi connectivity index (χ0) is 20.0. The van der Waals surface area contributed by atoms with Gasteiger partial charge in [-0.1, -0.05) is 19.1 Å². The summed E-state index contributed by atoms with van der Waals surface area (Å²) in [6.45, 7) is 5.61. The van der Waals surface area contributed by atoms with Crippen molar-refractivity contribution >= 4 is 23.3 Å². The second-order valence-electron chi connectivity index (χ2n) is 7.62. The number of Topliss-reactive ketones (excluding diaryl/α,β-unsaturated/α-hetero) is 1. The maximum absolute atomic E-state index is 12.9. The Bertz CT molecular complexity index is 1130. The van der Waals surface area contributed by atoms with E-state index < -0.39 is 0 Å². The van der Waals surface area contributed by atoms with E-state index in [1.54, 1.807) is 0 Å². The minimum absolute atomic E-state index is 0.206. The first-order chi connectivity index (χ1) is 14.2. The molecule has 0 spiro atoms. The molecule has 5 rings (SSSR count). The van der Waals surface area contributed by atoms with Crippen molar-refractivity contribution in [2.45, 2.75) is 33.1 Å². The van der Waals surface area contributed by atoms with Gasteiger partial charge in [0.05, 0.1) is 0 Å². The standard InChI is InChI=1S/C24H23N3O2/c1-3-18(17-6-7-25-12-17)22-19-10-15(4-5-16(19)11-21(22)28)20-13-27-24-23(14(20)2)26-8-9-29-24/h4-5,7,10,12-13,26H,3,6,8-9,11H2,1-2H3/b22-18-. The number of rotatable bonds is 3. The number of ketones is 1. The molecule has 2 aromatic rings. The van der Waals surface area contributed by atoms with Gasteiger partial charge in [0.1, 0.15) is 12.3 Å². The fraction of sp³-hybridized carbons (Fsp3) is 0.292. The monoisotopic (exact) mass is 385 g/mol. The molecule has 0 saturated heterocycles. The highest BCUT2D eigenvalue weighted by Crippen LogP contribution is 2.41. The first kappa shape index (κ1) is 17.9. The molecule has 1 aliphatic carbocycles. The van der Waals surface area contributed by atoms with Crippen LogP contribution >= 0.6 is 0 Å². The Kier molecular flexibility index (Phi) is 4.31. The summed E-state index contributed by atoms with van der Waals surface area (Å²) in [5.41, 5.74) is 9.51. The number of anilines is 1. The fourth-order valence-electron chi connectivity index (χ4n) is 4.50. The average Bonchev–Trinajstić information content (AvgIpc) is 3.38. The molecule has 1 aromatic heterocycles. The van der Waals surface area contributed by atoms with Gasteiger partial charge in [0.15, 0.2) is 5.78 Å². The summed E-state index contributed by atoms with van der Waals surface area (Å²) in [5, 5.41) is 3.40. The summed E-state index contributed by atoms with van der Waals surface area (Å²) in [6.07, 6.45) is 7.76. The maximum Gasteiger partial charge on any atom is 0.237 e. The SMILES string of the molecule is CC/C(C1=CN=CC1)=C1/C(=O)Cc2ccc(-c3cnc4c(c3C)NCCO4)cc21. The number of aliphatic imine (C=N–C) groups is 1. The molecule has 5 nitrogen and oxygen atoms in total. The van der Waals surface area contributed by atoms with E-state index in [2.05, 4.69) is 47.3 Å². The van der Waals surface area contributed by atoms with Gasteiger partial charge in [0, 0.05) is 49.1 Å². The van der Waals surface area contributed by atoms with Crippen molar-refractivity contribution < 1.29 is 9.53 Å². The van der Waals surface area contributed by atoms with E-state index in [0.717, 1.165) is 69.6 Å². The van der Waals surface area contributed by atoms with Crippen LogP contribution in [0.5, 0.6) is 5.88 Å². The molecule has 0 fully saturated rings. The Labute approximate surface area is 170 Å². The van der Waals surface area contributed by atoms with E-state index >= 15 is 0 Å². The average molecular weight is 385 g/mol. The number of allylic oxidation sites excluding steroid dienone is 3. The molecular weight excluding hydrogens is 362 g/mol. The van der Waals surface area contributed by atoms with Crippen molar-refractivity contribution in [3.8, 4) is 17.0 Å². The predicted molar refractivity (Wildman–Crippen MR) is 116 cm³/mol. The zero-order valence-corrected chi connectivity index (χ0v) is 16.7. The number of fused-ring (bicyclic) bond motifs is 2. The van der Waals surface area contributed by atoms with Crippen LogP contribution in [0.2, 0.25) is 0 Å². The molecule has 5 heteroatoms. The van der Waals surface area contributed by atoms with Gasteiger partial charge in [0.25, 0.3) is 0 Å². The first-order valence-electron chi connectivity index (χ1n) is 10.1. The third kappa shape index (κ3) is 2.89. The lowest BCUT2D eigenvalue weighted by atomic mass is 9.91. The van der Waals surface area contributed by atoms with Gasteiger partial charge in [0.2, 0.25) is 5.88 Å². The minimum atomic E-state index is 0.206. The Morgan fingerprint density at radius 1 is 1.28 bits per heavy atom. The fourth-order valence-corrected chi connectivity index (χ4v) is 4.50. The lowest BCUT2D eigenvalue weighted by Gasteiger charge is -2.21. The normalized spacial score (nSPS) is 18.7. The van der Waals surface area contributed by atoms with Gasteiger partial charge in [-0.15, -0.1) is 0 Å². The highest BCUT2D eigenvalue weighted by Gasteiger charge is 2.29. The van der Waals surface area contributed by atoms with Crippen LogP contribution in [0, 0.1) is 6.92 Å². The Balaban J connectivity index is 1.64. The third-order valence-corrected chi connectivity index (χ3v) is 5.96. The number of aromatic nitrogens is 1. The summed E-state index contributed by atoms with van der Waals surface area (Å²) in [4.78, 5) is 21.7. The van der Waals surface area contributed by atoms with Crippen molar-refractivity contribution in [2.75, 3.05) is 18.5 Å². The molecule has 1 aromatic carbocycles. The summed E-state index contributed by atoms with van der Waals surface area (Å²) in [6, 6.07) is 6.34. The minimum Gasteiger partial charge on any atom is -0.474 e. The molecule has 1 N–H and O–H groups in total. The Hall–Kier alpha value is -3.21. The summed E-state index contributed by atoms with van der Waals surface area (Å²) < 4.78 is 5.66. The number of nitrogens with zero attached hydrogens (tertiary/aromatic N) is 2. The molecule has 0 atom stereocenters. The number of nitrogens with one attached hydrogen (secondary N) is 1. The lowest BCUT2D eigenvalue weighted by Crippen LogP contribution is -2.20. The van der Waals surface area contributed by atoms with Crippen molar-refractivity contribution in [1.82, 2.24) is 4.98 Å². The summed E-state index contributed by atoms with van der Waals surface area (Å²) >= 11 is 0. The molecule has 0 saturated carbocycles. The number of carbonyl (C=O) groups is 1. The number of pyridine rings is 1. The molecule has 0 radical (unpaired) electrons. The van der Waals surface area contributed by atoms with E-state index in [1.165, 1.54) is 0 Å². The highest BCUT2D eigenvalue weighted by molar-refractivity contribution is 6.27. The number of ether oxygens (including phenoxy) is 1. The van der Waals surface area contributed by atoms with Gasteiger partial charge in [-0.25, -0.2) is 4.98 Å². The van der Waals surface area contributed by atoms with E-state index in [-0.39, 0.29) is 5.78 Å². The molecule has 0 amide bonds. The highest BCUT2D eigenvalue weighted by atomic mass is 16.5. The smallest absolute Gasteiger partial charge is 0.237 e. The van der Waals surface area contributed by atoms with Crippen molar-refractivity contribution in [3.05, 3.63) is 58.4 Å². The van der Waals surface area contributed by atoms with Crippen LogP contribution in [0.3, 0.4) is 0 Å². The number of carbonyl (C=O) groups excluding carboxylic acids is 1. The van der Waals surface area contributed by atoms with Crippen LogP contribution in [-0.2, 0) is 11.2 Å². The van der Waals surface area contributed by atoms with Crippen LogP contribution in [0.15, 0.2) is 46.7 Å². The molecule has 0 unspecified atom stereocenters. The zero-order valence-electron chi connectivity index (χ0n) is 16.7. The quantitative estimate of drug-likeness (QED) is 0.790. The molecule has 2 aliphatic heterocycles. The first-order valence-corrected chi connectivity index (χ1v) is 10.1. The van der Waals surface area contributed by atoms with Crippen LogP contribution < -0.4 is 10.1 Å². The largest absolute Gasteiger partial charge is 0.474 e. The van der Waals surface area contributed by atoms with Crippen molar-refractivity contribution in [3.63, 3.8) is 0 Å². The molecular formula is C24H23N3O2. The van der Waals surface area contributed by atoms with Gasteiger partial charge in [-0.2, -0.15) is 0 Å². The third-order valence-electron chi connectivity index (χ3n) is 5.96. The van der Waals surface area contributed by atoms with Gasteiger partial charge in [-0.3, -0.25) is 9.79 Å². The van der Waals surface area contributed by atoms with E-state index in [9.17, 15) is 4.79 Å². The molecule has 3 aliphatic rings. The number of benzene rings is 1. The van der Waals surface area contributed by atoms with E-state index in [4.69, 9.17) is 4.74 Å². The number of hydrogen-bond acceptors (Lipinski definition) is 5. The lowest BCUT2D eigenvalue weighted by molar-refractivity contribution is -0.112. The van der Waals surface area contributed by atoms with Crippen LogP contribution in [-0.4, -0.2) is 30.1 Å². The Morgan fingerprint density at radius 2 is 2.17 bits per heavy atom. The van der Waals surface area contributed by atoms with Crippen LogP contribution in [0.4, 0.5) is 5.69 Å². The maximum atomic E-state index is 12.9. The van der Waals surface area contributed by atoms with Crippen molar-refractivity contribution in [2.24, 2.45) is 4.99 Å². The molecule has 29 heavy (non-hydrogen) atoms. The Morgan fingerprint density at radius 3 is 2.97 bits per heavy atom. The number of hydrogen-bond donors (Lipinski definition) is 1. The van der Waals surface area contributed by atoms with Crippen LogP contribution in [0.25, 0.3) is 16.7 Å². The predicted octanol–water partition coefficient (Wildman–Crippen LogP) is 4.51. The van der Waals surface area contributed by atoms with Gasteiger partial charge >= 0.3 is 0 Å². The van der Waals surface area contributed by atoms with Gasteiger partial charge < -0.3 is 10.1 Å². The van der Waals surface area contributed by atoms with Crippen molar-refractivity contribution in [1.29, 1.82) is 0 Å². The van der Waals surface area contributed by atoms with Crippen LogP contribution in [0.1, 0.15) is 36.5 Å². The second-order valence-corrected chi connectivity index (χ2v) is 7.62. The van der Waals surface area contributed by atoms with E-state index in [1.807, 2.05) is 18.6 Å². The summed E-state index contributed by atoms with van der Waals surface area (Å²) in [5.74, 6) is 0.869. The van der Waals surface area contributed by atoms with Gasteiger partial charge in [-0.05, 0) is 52.8 Å². The molecule has 146 valence electrons. The second kappa shape index (κ2) is 6.99. The molecule has 3 heterocycles.